The fourth-order valence-electron chi connectivity index (χ4n) is 4.33. The number of nitrogens with zero attached hydrogens (tertiary/aromatic N) is 7. The first-order valence-corrected chi connectivity index (χ1v) is 11.7. The number of hydrogen-bond acceptors (Lipinski definition) is 7. The second-order valence-corrected chi connectivity index (χ2v) is 9.21. The lowest BCUT2D eigenvalue weighted by molar-refractivity contribution is 0.0392. The Morgan fingerprint density at radius 3 is 2.65 bits per heavy atom. The van der Waals surface area contributed by atoms with E-state index < -0.39 is 0 Å². The van der Waals surface area contributed by atoms with Gasteiger partial charge in [-0.3, -0.25) is 4.68 Å². The lowest BCUT2D eigenvalue weighted by Gasteiger charge is -2.32. The minimum Gasteiger partial charge on any atom is -0.370 e. The van der Waals surface area contributed by atoms with Crippen molar-refractivity contribution in [3.8, 4) is 11.3 Å². The Hall–Kier alpha value is -3.46. The number of fused-ring (bicyclic) bond motifs is 1. The molecule has 1 unspecified atom stereocenters. The van der Waals surface area contributed by atoms with Gasteiger partial charge >= 0.3 is 0 Å². The van der Waals surface area contributed by atoms with Gasteiger partial charge in [-0.05, 0) is 51.3 Å². The van der Waals surface area contributed by atoms with E-state index in [1.807, 2.05) is 37.7 Å². The summed E-state index contributed by atoms with van der Waals surface area (Å²) in [4.78, 5) is 21.0. The van der Waals surface area contributed by atoms with E-state index in [1.165, 1.54) is 18.9 Å². The van der Waals surface area contributed by atoms with Gasteiger partial charge in [-0.2, -0.15) is 10.1 Å². The van der Waals surface area contributed by atoms with Gasteiger partial charge in [0.2, 0.25) is 5.95 Å². The predicted molar refractivity (Wildman–Crippen MR) is 126 cm³/mol. The molecule has 0 radical (unpaired) electrons. The van der Waals surface area contributed by atoms with Crippen LogP contribution in [0.15, 0.2) is 30.6 Å². The molecule has 34 heavy (non-hydrogen) atoms. The minimum absolute atomic E-state index is 0.133. The first-order chi connectivity index (χ1) is 16.5. The summed E-state index contributed by atoms with van der Waals surface area (Å²) in [7, 11) is 0. The zero-order chi connectivity index (χ0) is 23.4. The third kappa shape index (κ3) is 3.79. The van der Waals surface area contributed by atoms with Crippen LogP contribution in [0.5, 0.6) is 0 Å². The van der Waals surface area contributed by atoms with Crippen molar-refractivity contribution in [3.63, 3.8) is 0 Å². The van der Waals surface area contributed by atoms with E-state index in [9.17, 15) is 0 Å². The molecule has 3 aromatic heterocycles. The summed E-state index contributed by atoms with van der Waals surface area (Å²) < 4.78 is 23.1. The molecule has 2 fully saturated rings. The second-order valence-electron chi connectivity index (χ2n) is 9.21. The zero-order valence-electron chi connectivity index (χ0n) is 19.5. The molecule has 0 spiro atoms. The van der Waals surface area contributed by atoms with Gasteiger partial charge in [0.1, 0.15) is 23.1 Å². The predicted octanol–water partition coefficient (Wildman–Crippen LogP) is 4.26. The number of aryl methyl sites for hydroxylation is 3. The van der Waals surface area contributed by atoms with E-state index in [2.05, 4.69) is 26.2 Å². The molecule has 8 nitrogen and oxygen atoms in total. The van der Waals surface area contributed by atoms with Gasteiger partial charge in [0.05, 0.1) is 36.8 Å². The first-order valence-electron chi connectivity index (χ1n) is 11.7. The Morgan fingerprint density at radius 1 is 1.03 bits per heavy atom. The molecule has 1 saturated carbocycles. The molecule has 1 aromatic carbocycles. The highest BCUT2D eigenvalue weighted by atomic mass is 19.1. The van der Waals surface area contributed by atoms with Crippen molar-refractivity contribution in [3.05, 3.63) is 58.9 Å². The van der Waals surface area contributed by atoms with Gasteiger partial charge < -0.3 is 9.64 Å². The maximum Gasteiger partial charge on any atom is 0.228 e. The molecule has 0 bridgehead atoms. The quantitative estimate of drug-likeness (QED) is 0.451. The molecule has 1 saturated heterocycles. The Morgan fingerprint density at radius 2 is 1.85 bits per heavy atom. The maximum absolute atomic E-state index is 15.0. The highest BCUT2D eigenvalue weighted by molar-refractivity contribution is 5.88. The number of ether oxygens (including phenoxy) is 1. The summed E-state index contributed by atoms with van der Waals surface area (Å²) >= 11 is 0. The van der Waals surface area contributed by atoms with Crippen molar-refractivity contribution in [2.45, 2.75) is 45.8 Å². The molecule has 1 aliphatic carbocycles. The molecule has 0 N–H and O–H groups in total. The molecule has 4 aromatic rings. The molecular formula is C25H26FN7O. The molecule has 6 rings (SSSR count). The summed E-state index contributed by atoms with van der Waals surface area (Å²) in [5, 5.41) is 4.51. The van der Waals surface area contributed by atoms with Gasteiger partial charge in [0.25, 0.3) is 0 Å². The topological polar surface area (TPSA) is 81.9 Å². The third-order valence-corrected chi connectivity index (χ3v) is 6.57. The zero-order valence-corrected chi connectivity index (χ0v) is 19.5. The van der Waals surface area contributed by atoms with Crippen LogP contribution in [0.2, 0.25) is 0 Å². The molecule has 2 aliphatic rings. The van der Waals surface area contributed by atoms with E-state index in [4.69, 9.17) is 14.7 Å². The van der Waals surface area contributed by atoms with Crippen molar-refractivity contribution in [2.24, 2.45) is 0 Å². The van der Waals surface area contributed by atoms with Crippen LogP contribution >= 0.6 is 0 Å². The van der Waals surface area contributed by atoms with Crippen molar-refractivity contribution in [1.82, 2.24) is 29.7 Å². The summed E-state index contributed by atoms with van der Waals surface area (Å²) in [6.45, 7) is 7.40. The van der Waals surface area contributed by atoms with Gasteiger partial charge in [0.15, 0.2) is 5.65 Å². The molecule has 1 atom stereocenters. The van der Waals surface area contributed by atoms with Crippen LogP contribution in [0.25, 0.3) is 22.4 Å². The summed E-state index contributed by atoms with van der Waals surface area (Å²) in [6, 6.07) is 5.67. The highest BCUT2D eigenvalue weighted by Crippen LogP contribution is 2.36. The Bertz CT molecular complexity index is 1400. The highest BCUT2D eigenvalue weighted by Gasteiger charge is 2.29. The van der Waals surface area contributed by atoms with Crippen LogP contribution in [-0.2, 0) is 4.74 Å². The third-order valence-electron chi connectivity index (χ3n) is 6.57. The van der Waals surface area contributed by atoms with Crippen LogP contribution in [0.3, 0.4) is 0 Å². The van der Waals surface area contributed by atoms with Crippen LogP contribution in [-0.4, -0.2) is 49.4 Å². The average molecular weight is 460 g/mol. The van der Waals surface area contributed by atoms with E-state index in [-0.39, 0.29) is 11.9 Å². The van der Waals surface area contributed by atoms with Crippen LogP contribution in [0, 0.1) is 26.6 Å². The molecule has 1 aliphatic heterocycles. The van der Waals surface area contributed by atoms with Crippen LogP contribution in [0.1, 0.15) is 47.5 Å². The molecular weight excluding hydrogens is 433 g/mol. The monoisotopic (exact) mass is 459 g/mol. The van der Waals surface area contributed by atoms with Gasteiger partial charge in [-0.15, -0.1) is 0 Å². The van der Waals surface area contributed by atoms with E-state index >= 15 is 4.39 Å². The molecule has 4 heterocycles. The Kier molecular flexibility index (Phi) is 5.02. The average Bonchev–Trinajstić information content (AvgIpc) is 3.56. The SMILES string of the molecule is Cc1ccc(-c2nc(N3CCOC(c4cnn(C5CC5)c4)C3)nc3nc(C)c(C)nc23)c(F)c1. The van der Waals surface area contributed by atoms with Gasteiger partial charge in [-0.25, -0.2) is 19.3 Å². The number of benzene rings is 1. The van der Waals surface area contributed by atoms with Crippen molar-refractivity contribution in [2.75, 3.05) is 24.6 Å². The number of aromatic nitrogens is 6. The maximum atomic E-state index is 15.0. The van der Waals surface area contributed by atoms with Gasteiger partial charge in [-0.1, -0.05) is 6.07 Å². The van der Waals surface area contributed by atoms with E-state index in [0.717, 1.165) is 22.5 Å². The standard InChI is InChI=1S/C25H26FN7O/c1-14-4-7-19(20(26)10-14)22-23-24(29-16(3)15(2)28-23)31-25(30-22)32-8-9-34-21(13-32)17-11-27-33(12-17)18-5-6-18/h4,7,10-12,18,21H,5-6,8-9,13H2,1-3H3. The van der Waals surface area contributed by atoms with E-state index in [1.54, 1.807) is 6.07 Å². The summed E-state index contributed by atoms with van der Waals surface area (Å²) in [6.07, 6.45) is 6.20. The molecule has 174 valence electrons. The molecule has 9 heteroatoms. The fraction of sp³-hybridized carbons (Fsp3) is 0.400. The normalized spacial score (nSPS) is 18.6. The summed E-state index contributed by atoms with van der Waals surface area (Å²) in [5.74, 6) is 0.168. The number of anilines is 1. The Balaban J connectivity index is 1.41. The molecule has 0 amide bonds. The first kappa shape index (κ1) is 21.1. The minimum atomic E-state index is -0.335. The smallest absolute Gasteiger partial charge is 0.228 e. The number of hydrogen-bond donors (Lipinski definition) is 0. The van der Waals surface area contributed by atoms with E-state index in [0.29, 0.717) is 54.1 Å². The lowest BCUT2D eigenvalue weighted by atomic mass is 10.1. The van der Waals surface area contributed by atoms with Crippen molar-refractivity contribution >= 4 is 17.1 Å². The van der Waals surface area contributed by atoms with Crippen molar-refractivity contribution in [1.29, 1.82) is 0 Å². The number of morpholine rings is 1. The largest absolute Gasteiger partial charge is 0.370 e. The van der Waals surface area contributed by atoms with Gasteiger partial charge in [0, 0.05) is 23.9 Å². The van der Waals surface area contributed by atoms with Crippen LogP contribution < -0.4 is 4.90 Å². The summed E-state index contributed by atoms with van der Waals surface area (Å²) in [5.41, 5.74) is 5.29. The van der Waals surface area contributed by atoms with Crippen LogP contribution in [0.4, 0.5) is 10.3 Å². The number of halogens is 1. The second kappa shape index (κ2) is 8.09. The number of rotatable bonds is 4. The van der Waals surface area contributed by atoms with Crippen molar-refractivity contribution < 1.29 is 9.13 Å². The fourth-order valence-corrected chi connectivity index (χ4v) is 4.33. The lowest BCUT2D eigenvalue weighted by Crippen LogP contribution is -2.39. The Labute approximate surface area is 196 Å².